The van der Waals surface area contributed by atoms with Crippen LogP contribution < -0.4 is 15.1 Å². The quantitative estimate of drug-likeness (QED) is 0.894. The van der Waals surface area contributed by atoms with E-state index in [1.807, 2.05) is 26.0 Å². The fourth-order valence-corrected chi connectivity index (χ4v) is 2.46. The molecule has 1 N–H and O–H groups in total. The van der Waals surface area contributed by atoms with E-state index in [0.717, 1.165) is 5.95 Å². The summed E-state index contributed by atoms with van der Waals surface area (Å²) in [7, 11) is 7.81. The number of rotatable bonds is 4. The molecule has 2 rings (SSSR count). The molecule has 0 saturated heterocycles. The van der Waals surface area contributed by atoms with Crippen LogP contribution >= 0.6 is 0 Å². The van der Waals surface area contributed by atoms with Crippen molar-refractivity contribution in [1.29, 1.82) is 0 Å². The Labute approximate surface area is 115 Å². The van der Waals surface area contributed by atoms with Crippen LogP contribution in [0.5, 0.6) is 0 Å². The first-order valence-corrected chi connectivity index (χ1v) is 6.96. The SMILES string of the molecule is CNc1nc(N(C)C)nc(N(C)C2CCCCC2)n1. The molecule has 6 heteroatoms. The average molecular weight is 264 g/mol. The van der Waals surface area contributed by atoms with Crippen molar-refractivity contribution in [1.82, 2.24) is 15.0 Å². The highest BCUT2D eigenvalue weighted by molar-refractivity contribution is 5.44. The summed E-state index contributed by atoms with van der Waals surface area (Å²) < 4.78 is 0. The number of aromatic nitrogens is 3. The van der Waals surface area contributed by atoms with Crippen molar-refractivity contribution in [2.24, 2.45) is 0 Å². The predicted molar refractivity (Wildman–Crippen MR) is 79.0 cm³/mol. The normalized spacial score (nSPS) is 16.2. The monoisotopic (exact) mass is 264 g/mol. The minimum Gasteiger partial charge on any atom is -0.357 e. The smallest absolute Gasteiger partial charge is 0.231 e. The second-order valence-corrected chi connectivity index (χ2v) is 5.31. The standard InChI is InChI=1S/C13H24N6/c1-14-11-15-12(18(2)3)17-13(16-11)19(4)10-8-6-5-7-9-10/h10H,5-9H2,1-4H3,(H,14,15,16,17). The van der Waals surface area contributed by atoms with Crippen molar-refractivity contribution in [2.45, 2.75) is 38.1 Å². The molecule has 19 heavy (non-hydrogen) atoms. The molecular formula is C13H24N6. The highest BCUT2D eigenvalue weighted by atomic mass is 15.3. The van der Waals surface area contributed by atoms with Crippen LogP contribution in [0.25, 0.3) is 0 Å². The topological polar surface area (TPSA) is 57.2 Å². The van der Waals surface area contributed by atoms with Gasteiger partial charge in [0.2, 0.25) is 17.8 Å². The first kappa shape index (κ1) is 13.8. The Balaban J connectivity index is 2.24. The Bertz CT molecular complexity index is 414. The molecule has 6 nitrogen and oxygen atoms in total. The van der Waals surface area contributed by atoms with E-state index in [1.54, 1.807) is 0 Å². The first-order valence-electron chi connectivity index (χ1n) is 6.96. The van der Waals surface area contributed by atoms with E-state index in [4.69, 9.17) is 0 Å². The summed E-state index contributed by atoms with van der Waals surface area (Å²) in [6.07, 6.45) is 6.42. The summed E-state index contributed by atoms with van der Waals surface area (Å²) in [5.74, 6) is 2.07. The van der Waals surface area contributed by atoms with Crippen LogP contribution in [0.3, 0.4) is 0 Å². The lowest BCUT2D eigenvalue weighted by Crippen LogP contribution is -2.35. The predicted octanol–water partition coefficient (Wildman–Crippen LogP) is 1.75. The molecular weight excluding hydrogens is 240 g/mol. The minimum atomic E-state index is 0.552. The first-order chi connectivity index (χ1) is 9.11. The van der Waals surface area contributed by atoms with Gasteiger partial charge in [0.15, 0.2) is 0 Å². The maximum Gasteiger partial charge on any atom is 0.231 e. The van der Waals surface area contributed by atoms with E-state index in [-0.39, 0.29) is 0 Å². The van der Waals surface area contributed by atoms with Crippen LogP contribution in [0.15, 0.2) is 0 Å². The van der Waals surface area contributed by atoms with Crippen molar-refractivity contribution in [3.63, 3.8) is 0 Å². The van der Waals surface area contributed by atoms with Gasteiger partial charge >= 0.3 is 0 Å². The summed E-state index contributed by atoms with van der Waals surface area (Å²) in [6, 6.07) is 0.552. The fourth-order valence-electron chi connectivity index (χ4n) is 2.46. The Hall–Kier alpha value is -1.59. The van der Waals surface area contributed by atoms with Gasteiger partial charge in [-0.15, -0.1) is 0 Å². The zero-order valence-electron chi connectivity index (χ0n) is 12.3. The number of nitrogens with one attached hydrogen (secondary N) is 1. The van der Waals surface area contributed by atoms with Gasteiger partial charge in [-0.1, -0.05) is 19.3 Å². The third-order valence-electron chi connectivity index (χ3n) is 3.67. The summed E-state index contributed by atoms with van der Waals surface area (Å²) in [4.78, 5) is 17.5. The van der Waals surface area contributed by atoms with Crippen LogP contribution in [0.4, 0.5) is 17.8 Å². The second-order valence-electron chi connectivity index (χ2n) is 5.31. The molecule has 0 spiro atoms. The van der Waals surface area contributed by atoms with Crippen molar-refractivity contribution >= 4 is 17.8 Å². The molecule has 0 aliphatic heterocycles. The molecule has 1 aromatic heterocycles. The van der Waals surface area contributed by atoms with E-state index < -0.39 is 0 Å². The van der Waals surface area contributed by atoms with E-state index in [0.29, 0.717) is 17.9 Å². The number of hydrogen-bond donors (Lipinski definition) is 1. The molecule has 1 fully saturated rings. The number of anilines is 3. The van der Waals surface area contributed by atoms with E-state index in [9.17, 15) is 0 Å². The second kappa shape index (κ2) is 6.04. The van der Waals surface area contributed by atoms with Gasteiger partial charge in [0.25, 0.3) is 0 Å². The third kappa shape index (κ3) is 3.24. The average Bonchev–Trinajstić information content (AvgIpc) is 2.46. The largest absolute Gasteiger partial charge is 0.357 e. The molecule has 1 aliphatic rings. The zero-order chi connectivity index (χ0) is 13.8. The van der Waals surface area contributed by atoms with Gasteiger partial charge in [-0.05, 0) is 12.8 Å². The van der Waals surface area contributed by atoms with Gasteiger partial charge in [0, 0.05) is 34.2 Å². The van der Waals surface area contributed by atoms with Crippen LogP contribution in [0.2, 0.25) is 0 Å². The summed E-state index contributed by atoms with van der Waals surface area (Å²) in [5, 5.41) is 3.00. The third-order valence-corrected chi connectivity index (χ3v) is 3.67. The molecule has 0 bridgehead atoms. The fraction of sp³-hybridized carbons (Fsp3) is 0.769. The molecule has 0 aromatic carbocycles. The molecule has 1 saturated carbocycles. The zero-order valence-corrected chi connectivity index (χ0v) is 12.3. The van der Waals surface area contributed by atoms with E-state index in [2.05, 4.69) is 32.2 Å². The molecule has 1 aliphatic carbocycles. The molecule has 1 heterocycles. The summed E-state index contributed by atoms with van der Waals surface area (Å²) in [6.45, 7) is 0. The van der Waals surface area contributed by atoms with Crippen molar-refractivity contribution in [3.8, 4) is 0 Å². The maximum atomic E-state index is 4.55. The van der Waals surface area contributed by atoms with Gasteiger partial charge < -0.3 is 15.1 Å². The Morgan fingerprint density at radius 1 is 0.947 bits per heavy atom. The Morgan fingerprint density at radius 3 is 2.16 bits per heavy atom. The van der Waals surface area contributed by atoms with Crippen molar-refractivity contribution < 1.29 is 0 Å². The highest BCUT2D eigenvalue weighted by Gasteiger charge is 2.21. The Morgan fingerprint density at radius 2 is 1.58 bits per heavy atom. The molecule has 1 aromatic rings. The lowest BCUT2D eigenvalue weighted by atomic mass is 9.95. The molecule has 0 amide bonds. The van der Waals surface area contributed by atoms with Gasteiger partial charge in [-0.3, -0.25) is 0 Å². The maximum absolute atomic E-state index is 4.55. The van der Waals surface area contributed by atoms with E-state index >= 15 is 0 Å². The van der Waals surface area contributed by atoms with Crippen molar-refractivity contribution in [3.05, 3.63) is 0 Å². The van der Waals surface area contributed by atoms with Crippen LogP contribution in [0, 0.1) is 0 Å². The van der Waals surface area contributed by atoms with Crippen molar-refractivity contribution in [2.75, 3.05) is 43.3 Å². The molecule has 106 valence electrons. The van der Waals surface area contributed by atoms with Gasteiger partial charge in [0.1, 0.15) is 0 Å². The lowest BCUT2D eigenvalue weighted by Gasteiger charge is -2.31. The van der Waals surface area contributed by atoms with Gasteiger partial charge in [0.05, 0.1) is 0 Å². The number of nitrogens with zero attached hydrogens (tertiary/aromatic N) is 5. The number of hydrogen-bond acceptors (Lipinski definition) is 6. The van der Waals surface area contributed by atoms with Crippen LogP contribution in [-0.2, 0) is 0 Å². The molecule has 0 radical (unpaired) electrons. The summed E-state index contributed by atoms with van der Waals surface area (Å²) in [5.41, 5.74) is 0. The van der Waals surface area contributed by atoms with Crippen LogP contribution in [-0.4, -0.2) is 49.2 Å². The Kier molecular flexibility index (Phi) is 4.39. The molecule has 0 unspecified atom stereocenters. The summed E-state index contributed by atoms with van der Waals surface area (Å²) >= 11 is 0. The minimum absolute atomic E-state index is 0.552. The van der Waals surface area contributed by atoms with E-state index in [1.165, 1.54) is 32.1 Å². The lowest BCUT2D eigenvalue weighted by molar-refractivity contribution is 0.424. The highest BCUT2D eigenvalue weighted by Crippen LogP contribution is 2.25. The van der Waals surface area contributed by atoms with Gasteiger partial charge in [-0.25, -0.2) is 0 Å². The van der Waals surface area contributed by atoms with Gasteiger partial charge in [-0.2, -0.15) is 15.0 Å². The van der Waals surface area contributed by atoms with Crippen LogP contribution in [0.1, 0.15) is 32.1 Å². The molecule has 0 atom stereocenters.